The van der Waals surface area contributed by atoms with Crippen LogP contribution in [0, 0.1) is 16.7 Å². The summed E-state index contributed by atoms with van der Waals surface area (Å²) in [4.78, 5) is 33.2. The quantitative estimate of drug-likeness (QED) is 0.150. The van der Waals surface area contributed by atoms with E-state index in [1.54, 1.807) is 48.5 Å². The van der Waals surface area contributed by atoms with Crippen LogP contribution < -0.4 is 0 Å². The molecule has 0 fully saturated rings. The number of esters is 3. The standard InChI is InChI=1S/C9H15F3O2.2C8H13F3O2/c1-5-8(3,4)7(13)14-6(2)9(10,11)12;1-4-7(2,3)6(12)13-5-8(9,10)11;1-4-5(2)7(12)13-6(3)8(9,10)11/h6H,5H2,1-4H3;4-5H2,1-3H3;5-6H,4H2,1-3H3. The fraction of sp³-hybridized carbons (Fsp3) is 0.880. The number of rotatable bonds is 9. The van der Waals surface area contributed by atoms with Crippen molar-refractivity contribution < 1.29 is 68.1 Å². The van der Waals surface area contributed by atoms with Gasteiger partial charge >= 0.3 is 36.4 Å². The van der Waals surface area contributed by atoms with Crippen LogP contribution in [0.3, 0.4) is 0 Å². The Morgan fingerprint density at radius 2 is 0.975 bits per heavy atom. The lowest BCUT2D eigenvalue weighted by Crippen LogP contribution is -2.36. The van der Waals surface area contributed by atoms with Gasteiger partial charge in [-0.2, -0.15) is 39.5 Å². The molecular weight excluding hydrogens is 567 g/mol. The van der Waals surface area contributed by atoms with E-state index in [2.05, 4.69) is 14.2 Å². The first-order chi connectivity index (χ1) is 17.6. The van der Waals surface area contributed by atoms with Crippen LogP contribution in [0.5, 0.6) is 0 Å². The van der Waals surface area contributed by atoms with Gasteiger partial charge in [0.15, 0.2) is 18.8 Å². The normalized spacial score (nSPS) is 14.8. The van der Waals surface area contributed by atoms with Crippen molar-refractivity contribution in [3.8, 4) is 0 Å². The highest BCUT2D eigenvalue weighted by atomic mass is 19.4. The molecule has 0 aliphatic carbocycles. The average Bonchev–Trinajstić information content (AvgIpc) is 2.80. The van der Waals surface area contributed by atoms with Crippen LogP contribution in [0.1, 0.15) is 88.5 Å². The fourth-order valence-electron chi connectivity index (χ4n) is 1.54. The van der Waals surface area contributed by atoms with Crippen LogP contribution in [0.25, 0.3) is 0 Å². The molecule has 15 heteroatoms. The number of carbonyl (C=O) groups excluding carboxylic acids is 3. The molecule has 0 rings (SSSR count). The molecule has 0 bridgehead atoms. The van der Waals surface area contributed by atoms with E-state index in [-0.39, 0.29) is 0 Å². The monoisotopic (exact) mass is 608 g/mol. The summed E-state index contributed by atoms with van der Waals surface area (Å²) < 4.78 is 119. The summed E-state index contributed by atoms with van der Waals surface area (Å²) in [7, 11) is 0. The molecule has 0 aliphatic rings. The van der Waals surface area contributed by atoms with Crippen molar-refractivity contribution in [2.24, 2.45) is 16.7 Å². The molecule has 0 heterocycles. The van der Waals surface area contributed by atoms with Gasteiger partial charge in [-0.1, -0.05) is 27.7 Å². The van der Waals surface area contributed by atoms with Gasteiger partial charge in [0.1, 0.15) is 0 Å². The summed E-state index contributed by atoms with van der Waals surface area (Å²) in [6, 6.07) is 0. The van der Waals surface area contributed by atoms with E-state index in [9.17, 15) is 53.9 Å². The van der Waals surface area contributed by atoms with Crippen LogP contribution >= 0.6 is 0 Å². The molecule has 240 valence electrons. The first-order valence-electron chi connectivity index (χ1n) is 12.4. The van der Waals surface area contributed by atoms with Gasteiger partial charge in [0.05, 0.1) is 16.7 Å². The van der Waals surface area contributed by atoms with Crippen LogP contribution in [0.4, 0.5) is 39.5 Å². The van der Waals surface area contributed by atoms with Gasteiger partial charge in [-0.15, -0.1) is 0 Å². The molecule has 0 aromatic carbocycles. The van der Waals surface area contributed by atoms with Crippen molar-refractivity contribution in [2.45, 2.75) is 119 Å². The van der Waals surface area contributed by atoms with Gasteiger partial charge in [0, 0.05) is 0 Å². The summed E-state index contributed by atoms with van der Waals surface area (Å²) in [5.74, 6) is -2.91. The number of ether oxygens (including phenoxy) is 3. The Kier molecular flexibility index (Phi) is 17.9. The average molecular weight is 609 g/mol. The third-order valence-electron chi connectivity index (χ3n) is 5.75. The van der Waals surface area contributed by atoms with E-state index in [1.807, 2.05) is 0 Å². The van der Waals surface area contributed by atoms with E-state index >= 15 is 0 Å². The smallest absolute Gasteiger partial charge is 0.425 e. The van der Waals surface area contributed by atoms with Crippen molar-refractivity contribution in [2.75, 3.05) is 6.61 Å². The van der Waals surface area contributed by atoms with E-state index in [1.165, 1.54) is 6.92 Å². The third-order valence-corrected chi connectivity index (χ3v) is 5.75. The summed E-state index contributed by atoms with van der Waals surface area (Å²) in [5, 5.41) is 0. The zero-order valence-electron chi connectivity index (χ0n) is 24.4. The van der Waals surface area contributed by atoms with Crippen molar-refractivity contribution in [3.63, 3.8) is 0 Å². The molecule has 0 spiro atoms. The van der Waals surface area contributed by atoms with Crippen LogP contribution in [-0.4, -0.2) is 55.3 Å². The van der Waals surface area contributed by atoms with Crippen molar-refractivity contribution in [1.29, 1.82) is 0 Å². The molecule has 0 radical (unpaired) electrons. The van der Waals surface area contributed by atoms with Gasteiger partial charge in [-0.05, 0) is 60.8 Å². The Hall–Kier alpha value is -2.22. The maximum atomic E-state index is 12.0. The third kappa shape index (κ3) is 19.0. The zero-order chi connectivity index (χ0) is 32.9. The molecule has 0 amide bonds. The van der Waals surface area contributed by atoms with Gasteiger partial charge in [0.2, 0.25) is 0 Å². The van der Waals surface area contributed by atoms with E-state index < -0.39 is 72.0 Å². The Bertz CT molecular complexity index is 772. The lowest BCUT2D eigenvalue weighted by Gasteiger charge is -2.24. The predicted octanol–water partition coefficient (Wildman–Crippen LogP) is 7.97. The number of halogens is 9. The summed E-state index contributed by atoms with van der Waals surface area (Å²) >= 11 is 0. The lowest BCUT2D eigenvalue weighted by molar-refractivity contribution is -0.221. The largest absolute Gasteiger partial charge is 0.456 e. The first kappa shape index (κ1) is 42.2. The Balaban J connectivity index is -0.000000514. The molecule has 3 atom stereocenters. The first-order valence-corrected chi connectivity index (χ1v) is 12.4. The summed E-state index contributed by atoms with van der Waals surface area (Å²) in [6.07, 6.45) is -16.1. The maximum absolute atomic E-state index is 12.0. The summed E-state index contributed by atoms with van der Waals surface area (Å²) in [6.45, 7) is 13.0. The number of carbonyl (C=O) groups is 3. The molecule has 0 saturated carbocycles. The van der Waals surface area contributed by atoms with Gasteiger partial charge in [-0.25, -0.2) is 0 Å². The molecule has 40 heavy (non-hydrogen) atoms. The van der Waals surface area contributed by atoms with Crippen LogP contribution in [0.15, 0.2) is 0 Å². The van der Waals surface area contributed by atoms with Crippen LogP contribution in [-0.2, 0) is 28.6 Å². The highest BCUT2D eigenvalue weighted by Crippen LogP contribution is 2.28. The van der Waals surface area contributed by atoms with E-state index in [4.69, 9.17) is 0 Å². The molecular formula is C25H41F9O6. The van der Waals surface area contributed by atoms with Crippen molar-refractivity contribution >= 4 is 17.9 Å². The molecule has 0 saturated heterocycles. The second kappa shape index (κ2) is 16.9. The summed E-state index contributed by atoms with van der Waals surface area (Å²) in [5.41, 5.74) is -1.70. The zero-order valence-corrected chi connectivity index (χ0v) is 24.4. The van der Waals surface area contributed by atoms with Gasteiger partial charge < -0.3 is 14.2 Å². The van der Waals surface area contributed by atoms with Crippen molar-refractivity contribution in [3.05, 3.63) is 0 Å². The topological polar surface area (TPSA) is 78.9 Å². The van der Waals surface area contributed by atoms with Gasteiger partial charge in [-0.3, -0.25) is 14.4 Å². The second-order valence-corrected chi connectivity index (χ2v) is 10.2. The lowest BCUT2D eigenvalue weighted by atomic mass is 9.90. The maximum Gasteiger partial charge on any atom is 0.425 e. The second-order valence-electron chi connectivity index (χ2n) is 10.2. The Morgan fingerprint density at radius 3 is 1.27 bits per heavy atom. The van der Waals surface area contributed by atoms with E-state index in [0.717, 1.165) is 13.8 Å². The minimum Gasteiger partial charge on any atom is -0.456 e. The van der Waals surface area contributed by atoms with Crippen molar-refractivity contribution in [1.82, 2.24) is 0 Å². The number of alkyl halides is 9. The molecule has 6 nitrogen and oxygen atoms in total. The highest BCUT2D eigenvalue weighted by Gasteiger charge is 2.42. The molecule has 0 aliphatic heterocycles. The van der Waals surface area contributed by atoms with Gasteiger partial charge in [0.25, 0.3) is 0 Å². The van der Waals surface area contributed by atoms with Crippen LogP contribution in [0.2, 0.25) is 0 Å². The predicted molar refractivity (Wildman–Crippen MR) is 128 cm³/mol. The molecule has 3 unspecified atom stereocenters. The van der Waals surface area contributed by atoms with E-state index in [0.29, 0.717) is 19.3 Å². The number of hydrogen-bond donors (Lipinski definition) is 0. The number of hydrogen-bond acceptors (Lipinski definition) is 6. The minimum atomic E-state index is -4.49. The molecule has 0 N–H and O–H groups in total. The molecule has 0 aromatic heterocycles. The minimum absolute atomic E-state index is 0.441. The highest BCUT2D eigenvalue weighted by molar-refractivity contribution is 5.76. The molecule has 0 aromatic rings. The Morgan fingerprint density at radius 1 is 0.625 bits per heavy atom. The SMILES string of the molecule is CCC(C)(C)C(=O)OC(C)C(F)(F)F.CCC(C)(C)C(=O)OCC(F)(F)F.CCC(C)C(=O)OC(C)C(F)(F)F. The fourth-order valence-corrected chi connectivity index (χ4v) is 1.54. The Labute approximate surface area is 229 Å².